The number of aliphatic hydroxyl groups excluding tert-OH is 1. The Bertz CT molecular complexity index is 711. The van der Waals surface area contributed by atoms with E-state index in [1.54, 1.807) is 17.3 Å². The molecule has 1 fully saturated rings. The molecular weight excluding hydrogens is 343 g/mol. The van der Waals surface area contributed by atoms with Crippen LogP contribution in [0.25, 0.3) is 0 Å². The molecule has 3 rings (SSSR count). The maximum atomic E-state index is 12.7. The Kier molecular flexibility index (Phi) is 4.64. The van der Waals surface area contributed by atoms with E-state index in [4.69, 9.17) is 11.6 Å². The first kappa shape index (κ1) is 17.0. The number of rotatable bonds is 3. The molecule has 0 unspecified atom stereocenters. The predicted octanol–water partition coefficient (Wildman–Crippen LogP) is 3.19. The molecule has 8 heteroatoms. The van der Waals surface area contributed by atoms with Gasteiger partial charge in [0.2, 0.25) is 0 Å². The molecule has 2 atom stereocenters. The minimum absolute atomic E-state index is 0.0486. The first-order valence-electron chi connectivity index (χ1n) is 7.39. The van der Waals surface area contributed by atoms with Gasteiger partial charge in [-0.3, -0.25) is 4.98 Å². The zero-order valence-electron chi connectivity index (χ0n) is 12.5. The fourth-order valence-corrected chi connectivity index (χ4v) is 3.15. The van der Waals surface area contributed by atoms with E-state index in [2.05, 4.69) is 9.97 Å². The van der Waals surface area contributed by atoms with Crippen LogP contribution in [0.5, 0.6) is 0 Å². The highest BCUT2D eigenvalue weighted by atomic mass is 35.5. The first-order valence-corrected chi connectivity index (χ1v) is 7.77. The van der Waals surface area contributed by atoms with Crippen molar-refractivity contribution in [3.05, 3.63) is 52.9 Å². The third-order valence-electron chi connectivity index (χ3n) is 4.10. The zero-order chi connectivity index (χ0) is 17.3. The van der Waals surface area contributed by atoms with Crippen molar-refractivity contribution in [2.75, 3.05) is 18.0 Å². The smallest absolute Gasteiger partial charge is 0.391 e. The Morgan fingerprint density at radius 2 is 1.96 bits per heavy atom. The third-order valence-corrected chi connectivity index (χ3v) is 4.38. The second-order valence-corrected chi connectivity index (χ2v) is 6.23. The van der Waals surface area contributed by atoms with Gasteiger partial charge in [0.05, 0.1) is 16.7 Å². The second kappa shape index (κ2) is 6.57. The fourth-order valence-electron chi connectivity index (χ4n) is 2.87. The highest BCUT2D eigenvalue weighted by molar-refractivity contribution is 6.33. The highest BCUT2D eigenvalue weighted by Gasteiger charge is 2.35. The minimum Gasteiger partial charge on any atom is -0.391 e. The van der Waals surface area contributed by atoms with E-state index in [0.717, 1.165) is 17.8 Å². The number of β-amino-alcohol motifs (C(OH)–C–C–N with tert-alkyl or cyclic N) is 1. The normalized spacial score (nSPS) is 21.3. The summed E-state index contributed by atoms with van der Waals surface area (Å²) >= 11 is 5.98. The molecule has 0 amide bonds. The lowest BCUT2D eigenvalue weighted by molar-refractivity contribution is -0.137. The van der Waals surface area contributed by atoms with Crippen LogP contribution in [0.4, 0.5) is 19.0 Å². The monoisotopic (exact) mass is 357 g/mol. The quantitative estimate of drug-likeness (QED) is 0.916. The third kappa shape index (κ3) is 3.62. The van der Waals surface area contributed by atoms with E-state index >= 15 is 0 Å². The lowest BCUT2D eigenvalue weighted by atomic mass is 9.97. The van der Waals surface area contributed by atoms with E-state index < -0.39 is 17.8 Å². The molecule has 128 valence electrons. The number of alkyl halides is 3. The van der Waals surface area contributed by atoms with Crippen molar-refractivity contribution in [1.29, 1.82) is 0 Å². The summed E-state index contributed by atoms with van der Waals surface area (Å²) in [5.41, 5.74) is 0.159. The van der Waals surface area contributed by atoms with Crippen LogP contribution >= 0.6 is 11.6 Å². The molecule has 24 heavy (non-hydrogen) atoms. The molecule has 4 nitrogen and oxygen atoms in total. The summed E-state index contributed by atoms with van der Waals surface area (Å²) in [6.07, 6.45) is -0.296. The van der Waals surface area contributed by atoms with Gasteiger partial charge in [-0.25, -0.2) is 4.98 Å². The number of pyridine rings is 2. The van der Waals surface area contributed by atoms with Crippen LogP contribution in [-0.4, -0.2) is 34.3 Å². The molecule has 2 aromatic heterocycles. The Balaban J connectivity index is 1.75. The SMILES string of the molecule is O[C@H]1CN(c2ncc(C(F)(F)F)cc2Cl)C[C@H]1Cc1ccncc1. The van der Waals surface area contributed by atoms with Gasteiger partial charge in [0.25, 0.3) is 0 Å². The van der Waals surface area contributed by atoms with Gasteiger partial charge in [-0.05, 0) is 30.2 Å². The van der Waals surface area contributed by atoms with Crippen LogP contribution in [0, 0.1) is 5.92 Å². The fraction of sp³-hybridized carbons (Fsp3) is 0.375. The van der Waals surface area contributed by atoms with Gasteiger partial charge < -0.3 is 10.0 Å². The minimum atomic E-state index is -4.48. The summed E-state index contributed by atoms with van der Waals surface area (Å²) in [6.45, 7) is 0.759. The Morgan fingerprint density at radius 1 is 1.25 bits per heavy atom. The molecule has 2 aromatic rings. The molecule has 0 aliphatic carbocycles. The van der Waals surface area contributed by atoms with Gasteiger partial charge in [-0.2, -0.15) is 13.2 Å². The summed E-state index contributed by atoms with van der Waals surface area (Å²) < 4.78 is 38.1. The summed E-state index contributed by atoms with van der Waals surface area (Å²) in [5, 5.41) is 10.2. The van der Waals surface area contributed by atoms with Crippen LogP contribution < -0.4 is 4.90 Å². The average Bonchev–Trinajstić information content (AvgIpc) is 2.88. The number of aromatic nitrogens is 2. The number of hydrogen-bond donors (Lipinski definition) is 1. The van der Waals surface area contributed by atoms with Crippen LogP contribution in [0.1, 0.15) is 11.1 Å². The molecule has 3 heterocycles. The standard InChI is InChI=1S/C16H15ClF3N3O/c17-13-6-12(16(18,19)20)7-22-15(13)23-8-11(14(24)9-23)5-10-1-3-21-4-2-10/h1-4,6-7,11,14,24H,5,8-9H2/t11-,14+/m1/s1. The maximum absolute atomic E-state index is 12.7. The molecule has 1 saturated heterocycles. The topological polar surface area (TPSA) is 49.2 Å². The van der Waals surface area contributed by atoms with Crippen molar-refractivity contribution >= 4 is 17.4 Å². The second-order valence-electron chi connectivity index (χ2n) is 5.82. The summed E-state index contributed by atoms with van der Waals surface area (Å²) in [5.74, 6) is 0.216. The number of aliphatic hydroxyl groups is 1. The highest BCUT2D eigenvalue weighted by Crippen LogP contribution is 2.35. The van der Waals surface area contributed by atoms with Crippen molar-refractivity contribution in [3.63, 3.8) is 0 Å². The summed E-state index contributed by atoms with van der Waals surface area (Å²) in [6, 6.07) is 4.62. The van der Waals surface area contributed by atoms with Gasteiger partial charge in [-0.15, -0.1) is 0 Å². The molecule has 0 saturated carbocycles. The van der Waals surface area contributed by atoms with Crippen molar-refractivity contribution in [1.82, 2.24) is 9.97 Å². The molecule has 0 bridgehead atoms. The Hall–Kier alpha value is -1.86. The number of nitrogens with zero attached hydrogens (tertiary/aromatic N) is 3. The van der Waals surface area contributed by atoms with E-state index in [0.29, 0.717) is 13.0 Å². The molecule has 1 aliphatic rings. The van der Waals surface area contributed by atoms with E-state index in [1.165, 1.54) is 0 Å². The van der Waals surface area contributed by atoms with Gasteiger partial charge >= 0.3 is 6.18 Å². The molecule has 0 aromatic carbocycles. The van der Waals surface area contributed by atoms with Crippen molar-refractivity contribution < 1.29 is 18.3 Å². The number of anilines is 1. The van der Waals surface area contributed by atoms with Gasteiger partial charge in [-0.1, -0.05) is 11.6 Å². The van der Waals surface area contributed by atoms with Gasteiger partial charge in [0, 0.05) is 37.6 Å². The lowest BCUT2D eigenvalue weighted by Gasteiger charge is -2.19. The zero-order valence-corrected chi connectivity index (χ0v) is 13.3. The Morgan fingerprint density at radius 3 is 2.58 bits per heavy atom. The van der Waals surface area contributed by atoms with Gasteiger partial charge in [0.15, 0.2) is 0 Å². The summed E-state index contributed by atoms with van der Waals surface area (Å²) in [4.78, 5) is 9.53. The van der Waals surface area contributed by atoms with Crippen LogP contribution in [-0.2, 0) is 12.6 Å². The van der Waals surface area contributed by atoms with Crippen molar-refractivity contribution in [2.45, 2.75) is 18.7 Å². The number of hydrogen-bond acceptors (Lipinski definition) is 4. The maximum Gasteiger partial charge on any atom is 0.417 e. The van der Waals surface area contributed by atoms with Crippen molar-refractivity contribution in [3.8, 4) is 0 Å². The molecule has 0 spiro atoms. The van der Waals surface area contributed by atoms with E-state index in [-0.39, 0.29) is 23.3 Å². The van der Waals surface area contributed by atoms with Crippen molar-refractivity contribution in [2.24, 2.45) is 5.92 Å². The van der Waals surface area contributed by atoms with Gasteiger partial charge in [0.1, 0.15) is 5.82 Å². The van der Waals surface area contributed by atoms with E-state index in [9.17, 15) is 18.3 Å². The van der Waals surface area contributed by atoms with E-state index in [1.807, 2.05) is 12.1 Å². The molecular formula is C16H15ClF3N3O. The largest absolute Gasteiger partial charge is 0.417 e. The Labute approximate surface area is 141 Å². The van der Waals surface area contributed by atoms with Crippen LogP contribution in [0.15, 0.2) is 36.8 Å². The summed E-state index contributed by atoms with van der Waals surface area (Å²) in [7, 11) is 0. The average molecular weight is 358 g/mol. The number of halogens is 4. The molecule has 1 N–H and O–H groups in total. The molecule has 1 aliphatic heterocycles. The van der Waals surface area contributed by atoms with Crippen LogP contribution in [0.3, 0.4) is 0 Å². The predicted molar refractivity (Wildman–Crippen MR) is 83.9 cm³/mol. The van der Waals surface area contributed by atoms with Crippen LogP contribution in [0.2, 0.25) is 5.02 Å². The molecule has 0 radical (unpaired) electrons. The first-order chi connectivity index (χ1) is 11.3. The lowest BCUT2D eigenvalue weighted by Crippen LogP contribution is -2.23.